The molecule has 0 aromatic heterocycles. The van der Waals surface area contributed by atoms with Crippen molar-refractivity contribution in [1.82, 2.24) is 0 Å². The van der Waals surface area contributed by atoms with Gasteiger partial charge in [0.2, 0.25) is 0 Å². The van der Waals surface area contributed by atoms with Gasteiger partial charge in [0.25, 0.3) is 0 Å². The van der Waals surface area contributed by atoms with E-state index in [1.165, 1.54) is 18.5 Å². The lowest BCUT2D eigenvalue weighted by molar-refractivity contribution is 0.832. The van der Waals surface area contributed by atoms with Gasteiger partial charge in [0.05, 0.1) is 5.69 Å². The summed E-state index contributed by atoms with van der Waals surface area (Å²) in [6.45, 7) is 2.33. The van der Waals surface area contributed by atoms with Gasteiger partial charge in [-0.2, -0.15) is 12.6 Å². The number of rotatable bonds is 3. The molecule has 2 nitrogen and oxygen atoms in total. The van der Waals surface area contributed by atoms with Gasteiger partial charge < -0.3 is 10.6 Å². The molecule has 1 unspecified atom stereocenters. The lowest BCUT2D eigenvalue weighted by Crippen LogP contribution is -2.18. The third-order valence-corrected chi connectivity index (χ3v) is 4.07. The van der Waals surface area contributed by atoms with Gasteiger partial charge in [-0.05, 0) is 46.5 Å². The maximum absolute atomic E-state index is 5.96. The molecule has 0 bridgehead atoms. The fraction of sp³-hybridized carbons (Fsp3) is 0.500. The number of thiol groups is 1. The van der Waals surface area contributed by atoms with Crippen LogP contribution in [0, 0.1) is 0 Å². The molecule has 1 heterocycles. The van der Waals surface area contributed by atoms with Crippen LogP contribution >= 0.6 is 28.6 Å². The Labute approximate surface area is 111 Å². The zero-order valence-corrected chi connectivity index (χ0v) is 11.7. The maximum Gasteiger partial charge on any atom is 0.0510 e. The fourth-order valence-electron chi connectivity index (χ4n) is 2.07. The summed E-state index contributed by atoms with van der Waals surface area (Å²) in [6, 6.07) is 6.41. The van der Waals surface area contributed by atoms with Crippen molar-refractivity contribution < 1.29 is 0 Å². The van der Waals surface area contributed by atoms with Gasteiger partial charge >= 0.3 is 0 Å². The van der Waals surface area contributed by atoms with Crippen molar-refractivity contribution in [2.45, 2.75) is 18.9 Å². The highest BCUT2D eigenvalue weighted by molar-refractivity contribution is 9.10. The molecule has 1 aliphatic rings. The average molecular weight is 301 g/mol. The molecule has 1 aromatic carbocycles. The van der Waals surface area contributed by atoms with Crippen molar-refractivity contribution in [3.05, 3.63) is 28.2 Å². The van der Waals surface area contributed by atoms with E-state index in [9.17, 15) is 0 Å². The Morgan fingerprint density at radius 2 is 2.06 bits per heavy atom. The van der Waals surface area contributed by atoms with Crippen LogP contribution in [0.25, 0.3) is 0 Å². The van der Waals surface area contributed by atoms with Gasteiger partial charge in [0, 0.05) is 29.4 Å². The minimum Gasteiger partial charge on any atom is -0.371 e. The monoisotopic (exact) mass is 300 g/mol. The van der Waals surface area contributed by atoms with E-state index in [-0.39, 0.29) is 6.04 Å². The Hall–Kier alpha value is -0.190. The summed E-state index contributed by atoms with van der Waals surface area (Å²) in [4.78, 5) is 2.42. The first kappa shape index (κ1) is 12.3. The van der Waals surface area contributed by atoms with Gasteiger partial charge in [-0.3, -0.25) is 0 Å². The molecule has 0 radical (unpaired) electrons. The van der Waals surface area contributed by atoms with Gasteiger partial charge in [-0.15, -0.1) is 0 Å². The standard InChI is InChI=1S/C12H17BrN2S/c13-10-7-9(11(14)8-16)3-4-12(10)15-5-1-2-6-15/h3-4,7,11,16H,1-2,5-6,8,14H2. The van der Waals surface area contributed by atoms with Crippen LogP contribution in [0.4, 0.5) is 5.69 Å². The molecule has 1 atom stereocenters. The molecule has 1 aliphatic heterocycles. The number of nitrogens with zero attached hydrogens (tertiary/aromatic N) is 1. The number of benzene rings is 1. The topological polar surface area (TPSA) is 29.3 Å². The van der Waals surface area contributed by atoms with E-state index in [4.69, 9.17) is 5.73 Å². The van der Waals surface area contributed by atoms with Gasteiger partial charge in [-0.1, -0.05) is 6.07 Å². The van der Waals surface area contributed by atoms with Crippen LogP contribution in [0.5, 0.6) is 0 Å². The fourth-order valence-corrected chi connectivity index (χ4v) is 2.93. The lowest BCUT2D eigenvalue weighted by atomic mass is 10.1. The van der Waals surface area contributed by atoms with Crippen molar-refractivity contribution in [2.24, 2.45) is 5.73 Å². The van der Waals surface area contributed by atoms with Crippen molar-refractivity contribution in [3.63, 3.8) is 0 Å². The van der Waals surface area contributed by atoms with Crippen LogP contribution in [-0.4, -0.2) is 18.8 Å². The van der Waals surface area contributed by atoms with Crippen molar-refractivity contribution in [2.75, 3.05) is 23.7 Å². The van der Waals surface area contributed by atoms with E-state index in [0.717, 1.165) is 23.1 Å². The summed E-state index contributed by atoms with van der Waals surface area (Å²) in [7, 11) is 0. The Balaban J connectivity index is 2.22. The molecule has 1 fully saturated rings. The van der Waals surface area contributed by atoms with E-state index in [1.807, 2.05) is 0 Å². The molecule has 4 heteroatoms. The van der Waals surface area contributed by atoms with Crippen LogP contribution < -0.4 is 10.6 Å². The van der Waals surface area contributed by atoms with E-state index in [1.54, 1.807) is 0 Å². The maximum atomic E-state index is 5.96. The van der Waals surface area contributed by atoms with Gasteiger partial charge in [0.15, 0.2) is 0 Å². The average Bonchev–Trinajstić information content (AvgIpc) is 2.81. The van der Waals surface area contributed by atoms with Crippen molar-refractivity contribution in [3.8, 4) is 0 Å². The third kappa shape index (κ3) is 2.55. The Morgan fingerprint density at radius 3 is 2.62 bits per heavy atom. The zero-order valence-electron chi connectivity index (χ0n) is 9.19. The minimum absolute atomic E-state index is 0.0206. The molecule has 16 heavy (non-hydrogen) atoms. The van der Waals surface area contributed by atoms with Crippen molar-refractivity contribution in [1.29, 1.82) is 0 Å². The minimum atomic E-state index is 0.0206. The lowest BCUT2D eigenvalue weighted by Gasteiger charge is -2.20. The van der Waals surface area contributed by atoms with E-state index < -0.39 is 0 Å². The molecule has 2 N–H and O–H groups in total. The molecule has 0 saturated carbocycles. The predicted octanol–water partition coefficient (Wildman–Crippen LogP) is 2.98. The van der Waals surface area contributed by atoms with E-state index in [2.05, 4.69) is 51.7 Å². The van der Waals surface area contributed by atoms with Crippen LogP contribution in [0.3, 0.4) is 0 Å². The van der Waals surface area contributed by atoms with Crippen LogP contribution in [-0.2, 0) is 0 Å². The second-order valence-corrected chi connectivity index (χ2v) is 5.41. The quantitative estimate of drug-likeness (QED) is 0.841. The molecule has 0 spiro atoms. The van der Waals surface area contributed by atoms with Crippen LogP contribution in [0.1, 0.15) is 24.4 Å². The number of halogens is 1. The van der Waals surface area contributed by atoms with E-state index in [0.29, 0.717) is 5.75 Å². The first-order chi connectivity index (χ1) is 7.72. The second-order valence-electron chi connectivity index (χ2n) is 4.19. The highest BCUT2D eigenvalue weighted by Gasteiger charge is 2.15. The molecule has 88 valence electrons. The van der Waals surface area contributed by atoms with E-state index >= 15 is 0 Å². The normalized spacial score (nSPS) is 17.8. The molecule has 0 amide bonds. The predicted molar refractivity (Wildman–Crippen MR) is 76.4 cm³/mol. The largest absolute Gasteiger partial charge is 0.371 e. The molecule has 1 aromatic rings. The van der Waals surface area contributed by atoms with Crippen LogP contribution in [0.2, 0.25) is 0 Å². The summed E-state index contributed by atoms with van der Waals surface area (Å²) in [5, 5.41) is 0. The van der Waals surface area contributed by atoms with Gasteiger partial charge in [-0.25, -0.2) is 0 Å². The number of nitrogens with two attached hydrogens (primary N) is 1. The summed E-state index contributed by atoms with van der Waals surface area (Å²) in [6.07, 6.45) is 2.59. The van der Waals surface area contributed by atoms with Gasteiger partial charge in [0.1, 0.15) is 0 Å². The third-order valence-electron chi connectivity index (χ3n) is 3.04. The SMILES string of the molecule is NC(CS)c1ccc(N2CCCC2)c(Br)c1. The Kier molecular flexibility index (Phi) is 4.16. The highest BCUT2D eigenvalue weighted by atomic mass is 79.9. The zero-order chi connectivity index (χ0) is 11.5. The number of hydrogen-bond acceptors (Lipinski definition) is 3. The highest BCUT2D eigenvalue weighted by Crippen LogP contribution is 2.31. The molecular formula is C12H17BrN2S. The summed E-state index contributed by atoms with van der Waals surface area (Å²) in [5.74, 6) is 0.676. The molecule has 0 aliphatic carbocycles. The van der Waals surface area contributed by atoms with Crippen molar-refractivity contribution >= 4 is 34.2 Å². The smallest absolute Gasteiger partial charge is 0.0510 e. The summed E-state index contributed by atoms with van der Waals surface area (Å²) < 4.78 is 1.14. The summed E-state index contributed by atoms with van der Waals surface area (Å²) >= 11 is 7.86. The first-order valence-electron chi connectivity index (χ1n) is 5.63. The number of hydrogen-bond donors (Lipinski definition) is 2. The molecular weight excluding hydrogens is 284 g/mol. The Bertz CT molecular complexity index is 364. The van der Waals surface area contributed by atoms with Crippen LogP contribution in [0.15, 0.2) is 22.7 Å². The second kappa shape index (κ2) is 5.43. The summed E-state index contributed by atoms with van der Waals surface area (Å²) in [5.41, 5.74) is 8.38. The first-order valence-corrected chi connectivity index (χ1v) is 7.06. The Morgan fingerprint density at radius 1 is 1.38 bits per heavy atom. The molecule has 1 saturated heterocycles. The number of anilines is 1. The molecule has 2 rings (SSSR count).